The van der Waals surface area contributed by atoms with Crippen molar-refractivity contribution in [1.82, 2.24) is 0 Å². The van der Waals surface area contributed by atoms with Crippen molar-refractivity contribution in [2.24, 2.45) is 0 Å². The first-order valence-corrected chi connectivity index (χ1v) is 8.28. The third-order valence-corrected chi connectivity index (χ3v) is 4.29. The maximum absolute atomic E-state index is 12.3. The number of carbonyl (C=O) groups is 1. The predicted molar refractivity (Wildman–Crippen MR) is 93.0 cm³/mol. The van der Waals surface area contributed by atoms with Crippen LogP contribution in [-0.4, -0.2) is 12.0 Å². The smallest absolute Gasteiger partial charge is 0.265 e. The topological polar surface area (TPSA) is 38.3 Å². The normalized spacial score (nSPS) is 14.7. The molecule has 3 rings (SSSR count). The Bertz CT molecular complexity index is 709. The van der Waals surface area contributed by atoms with Gasteiger partial charge < -0.3 is 10.1 Å². The molecule has 0 spiro atoms. The van der Waals surface area contributed by atoms with Crippen LogP contribution in [-0.2, 0) is 17.6 Å². The number of benzene rings is 2. The van der Waals surface area contributed by atoms with Crippen molar-refractivity contribution in [3.8, 4) is 5.75 Å². The Morgan fingerprint density at radius 3 is 2.65 bits per heavy atom. The van der Waals surface area contributed by atoms with Crippen molar-refractivity contribution < 1.29 is 9.53 Å². The lowest BCUT2D eigenvalue weighted by Gasteiger charge is -2.19. The van der Waals surface area contributed by atoms with E-state index in [0.717, 1.165) is 29.8 Å². The van der Waals surface area contributed by atoms with Crippen LogP contribution in [0.3, 0.4) is 0 Å². The zero-order valence-corrected chi connectivity index (χ0v) is 13.8. The number of hydrogen-bond donors (Lipinski definition) is 1. The zero-order valence-electron chi connectivity index (χ0n) is 13.8. The van der Waals surface area contributed by atoms with Gasteiger partial charge >= 0.3 is 0 Å². The number of ether oxygens (including phenoxy) is 1. The number of aryl methyl sites for hydroxylation is 3. The van der Waals surface area contributed by atoms with E-state index in [1.807, 2.05) is 37.3 Å². The van der Waals surface area contributed by atoms with E-state index >= 15 is 0 Å². The summed E-state index contributed by atoms with van der Waals surface area (Å²) in [6, 6.07) is 14.0. The summed E-state index contributed by atoms with van der Waals surface area (Å²) in [6.45, 7) is 3.78. The van der Waals surface area contributed by atoms with Gasteiger partial charge in [0.25, 0.3) is 5.91 Å². The van der Waals surface area contributed by atoms with Crippen LogP contribution >= 0.6 is 0 Å². The summed E-state index contributed by atoms with van der Waals surface area (Å²) < 4.78 is 5.83. The SMILES string of the molecule is Cc1cccc(NC(=O)C(C)Oc2ccc3c(c2)CCCC3)c1. The van der Waals surface area contributed by atoms with Gasteiger partial charge in [-0.1, -0.05) is 18.2 Å². The fraction of sp³-hybridized carbons (Fsp3) is 0.350. The number of hydrogen-bond acceptors (Lipinski definition) is 2. The maximum atomic E-state index is 12.3. The van der Waals surface area contributed by atoms with Gasteiger partial charge in [-0.15, -0.1) is 0 Å². The molecular weight excluding hydrogens is 286 g/mol. The highest BCUT2D eigenvalue weighted by atomic mass is 16.5. The number of carbonyl (C=O) groups excluding carboxylic acids is 1. The van der Waals surface area contributed by atoms with E-state index in [1.54, 1.807) is 6.92 Å². The van der Waals surface area contributed by atoms with Crippen molar-refractivity contribution >= 4 is 11.6 Å². The molecule has 23 heavy (non-hydrogen) atoms. The second kappa shape index (κ2) is 6.86. The molecule has 1 amide bonds. The lowest BCUT2D eigenvalue weighted by atomic mass is 9.92. The van der Waals surface area contributed by atoms with Crippen molar-refractivity contribution in [2.45, 2.75) is 45.6 Å². The maximum Gasteiger partial charge on any atom is 0.265 e. The van der Waals surface area contributed by atoms with Crippen LogP contribution in [0.2, 0.25) is 0 Å². The highest BCUT2D eigenvalue weighted by molar-refractivity contribution is 5.94. The minimum absolute atomic E-state index is 0.131. The number of fused-ring (bicyclic) bond motifs is 1. The van der Waals surface area contributed by atoms with Crippen LogP contribution in [0.25, 0.3) is 0 Å². The van der Waals surface area contributed by atoms with Crippen molar-refractivity contribution in [2.75, 3.05) is 5.32 Å². The fourth-order valence-electron chi connectivity index (χ4n) is 3.01. The largest absolute Gasteiger partial charge is 0.481 e. The fourth-order valence-corrected chi connectivity index (χ4v) is 3.01. The van der Waals surface area contributed by atoms with Crippen molar-refractivity contribution in [3.05, 3.63) is 59.2 Å². The van der Waals surface area contributed by atoms with Crippen LogP contribution in [0, 0.1) is 6.92 Å². The average molecular weight is 309 g/mol. The minimum Gasteiger partial charge on any atom is -0.481 e. The quantitative estimate of drug-likeness (QED) is 0.915. The molecule has 0 saturated heterocycles. The number of nitrogens with one attached hydrogen (secondary N) is 1. The molecule has 0 fully saturated rings. The van der Waals surface area contributed by atoms with Gasteiger partial charge in [0, 0.05) is 5.69 Å². The van der Waals surface area contributed by atoms with E-state index in [0.29, 0.717) is 0 Å². The Morgan fingerprint density at radius 2 is 1.87 bits per heavy atom. The van der Waals surface area contributed by atoms with Gasteiger partial charge in [-0.25, -0.2) is 0 Å². The molecule has 0 aliphatic heterocycles. The van der Waals surface area contributed by atoms with E-state index in [4.69, 9.17) is 4.74 Å². The molecule has 1 atom stereocenters. The van der Waals surface area contributed by atoms with Crippen LogP contribution in [0.4, 0.5) is 5.69 Å². The first-order valence-electron chi connectivity index (χ1n) is 8.28. The van der Waals surface area contributed by atoms with E-state index in [-0.39, 0.29) is 5.91 Å². The minimum atomic E-state index is -0.530. The molecule has 3 heteroatoms. The molecule has 1 N–H and O–H groups in total. The molecule has 0 radical (unpaired) electrons. The Hall–Kier alpha value is -2.29. The van der Waals surface area contributed by atoms with Crippen LogP contribution < -0.4 is 10.1 Å². The summed E-state index contributed by atoms with van der Waals surface area (Å²) in [5.74, 6) is 0.644. The highest BCUT2D eigenvalue weighted by Crippen LogP contribution is 2.26. The van der Waals surface area contributed by atoms with Gasteiger partial charge in [0.05, 0.1) is 0 Å². The second-order valence-electron chi connectivity index (χ2n) is 6.26. The Morgan fingerprint density at radius 1 is 1.09 bits per heavy atom. The molecule has 1 unspecified atom stereocenters. The lowest BCUT2D eigenvalue weighted by Crippen LogP contribution is -2.30. The third-order valence-electron chi connectivity index (χ3n) is 4.29. The molecule has 3 nitrogen and oxygen atoms in total. The van der Waals surface area contributed by atoms with Gasteiger partial charge in [-0.2, -0.15) is 0 Å². The summed E-state index contributed by atoms with van der Waals surface area (Å²) in [6.07, 6.45) is 4.23. The first-order chi connectivity index (χ1) is 11.1. The summed E-state index contributed by atoms with van der Waals surface area (Å²) in [4.78, 5) is 12.3. The first kappa shape index (κ1) is 15.6. The standard InChI is InChI=1S/C20H23NO2/c1-14-6-5-9-18(12-14)21-20(22)15(2)23-19-11-10-16-7-3-4-8-17(16)13-19/h5-6,9-13,15H,3-4,7-8H2,1-2H3,(H,21,22). The van der Waals surface area contributed by atoms with Gasteiger partial charge in [-0.05, 0) is 80.5 Å². The zero-order chi connectivity index (χ0) is 16.2. The summed E-state index contributed by atoms with van der Waals surface area (Å²) in [5.41, 5.74) is 4.70. The summed E-state index contributed by atoms with van der Waals surface area (Å²) >= 11 is 0. The Labute approximate surface area is 137 Å². The van der Waals surface area contributed by atoms with Crippen LogP contribution in [0.1, 0.15) is 36.5 Å². The van der Waals surface area contributed by atoms with Gasteiger partial charge in [-0.3, -0.25) is 4.79 Å². The second-order valence-corrected chi connectivity index (χ2v) is 6.26. The summed E-state index contributed by atoms with van der Waals surface area (Å²) in [7, 11) is 0. The van der Waals surface area contributed by atoms with Gasteiger partial charge in [0.1, 0.15) is 5.75 Å². The molecule has 0 aromatic heterocycles. The number of rotatable bonds is 4. The molecule has 0 heterocycles. The summed E-state index contributed by atoms with van der Waals surface area (Å²) in [5, 5.41) is 2.90. The van der Waals surface area contributed by atoms with Crippen LogP contribution in [0.5, 0.6) is 5.75 Å². The van der Waals surface area contributed by atoms with E-state index < -0.39 is 6.10 Å². The molecule has 1 aliphatic rings. The Kier molecular flexibility index (Phi) is 4.65. The van der Waals surface area contributed by atoms with Crippen molar-refractivity contribution in [3.63, 3.8) is 0 Å². The van der Waals surface area contributed by atoms with E-state index in [9.17, 15) is 4.79 Å². The van der Waals surface area contributed by atoms with Gasteiger partial charge in [0.15, 0.2) is 6.10 Å². The van der Waals surface area contributed by atoms with E-state index in [1.165, 1.54) is 24.0 Å². The average Bonchev–Trinajstić information content (AvgIpc) is 2.54. The third kappa shape index (κ3) is 3.92. The molecule has 2 aromatic carbocycles. The highest BCUT2D eigenvalue weighted by Gasteiger charge is 2.16. The van der Waals surface area contributed by atoms with Crippen LogP contribution in [0.15, 0.2) is 42.5 Å². The van der Waals surface area contributed by atoms with Crippen molar-refractivity contribution in [1.29, 1.82) is 0 Å². The Balaban J connectivity index is 1.64. The number of anilines is 1. The molecule has 1 aliphatic carbocycles. The molecule has 0 saturated carbocycles. The monoisotopic (exact) mass is 309 g/mol. The lowest BCUT2D eigenvalue weighted by molar-refractivity contribution is -0.122. The van der Waals surface area contributed by atoms with E-state index in [2.05, 4.69) is 17.4 Å². The molecule has 120 valence electrons. The number of amides is 1. The molecule has 2 aromatic rings. The predicted octanol–water partition coefficient (Wildman–Crippen LogP) is 4.28. The van der Waals surface area contributed by atoms with Gasteiger partial charge in [0.2, 0.25) is 0 Å². The molecule has 0 bridgehead atoms. The molecular formula is C20H23NO2.